The van der Waals surface area contributed by atoms with Gasteiger partial charge in [-0.25, -0.2) is 8.42 Å². The molecular weight excluding hydrogens is 360 g/mol. The lowest BCUT2D eigenvalue weighted by molar-refractivity contribution is 0.0925. The lowest BCUT2D eigenvalue weighted by Gasteiger charge is -2.25. The molecule has 1 N–H and O–H groups in total. The van der Waals surface area contributed by atoms with Crippen LogP contribution in [0.1, 0.15) is 28.5 Å². The van der Waals surface area contributed by atoms with Crippen LogP contribution in [0.25, 0.3) is 10.6 Å². The van der Waals surface area contributed by atoms with Gasteiger partial charge in [0.25, 0.3) is 5.91 Å². The van der Waals surface area contributed by atoms with E-state index in [9.17, 15) is 13.2 Å². The molecule has 6 nitrogen and oxygen atoms in total. The summed E-state index contributed by atoms with van der Waals surface area (Å²) < 4.78 is 29.6. The molecule has 3 aromatic rings. The first-order valence-corrected chi connectivity index (χ1v) is 10.2. The number of rotatable bonds is 3. The highest BCUT2D eigenvalue weighted by molar-refractivity contribution is 7.91. The third-order valence-corrected chi connectivity index (χ3v) is 6.82. The van der Waals surface area contributed by atoms with Crippen molar-refractivity contribution in [2.24, 2.45) is 0 Å². The standard InChI is InChI=1S/C17H14N2O4S2/c20-17(13-10-14(23-19-13)15-5-3-8-24-15)18-12-7-9-25(21,22)16-6-2-1-4-11(12)16/h1-6,8,10,12H,7,9H2,(H,18,20)/t12-/m1/s1. The van der Waals surface area contributed by atoms with E-state index < -0.39 is 9.84 Å². The summed E-state index contributed by atoms with van der Waals surface area (Å²) in [5, 5.41) is 8.60. The maximum atomic E-state index is 12.5. The van der Waals surface area contributed by atoms with Gasteiger partial charge in [0, 0.05) is 6.07 Å². The van der Waals surface area contributed by atoms with Crippen molar-refractivity contribution < 1.29 is 17.7 Å². The van der Waals surface area contributed by atoms with E-state index >= 15 is 0 Å². The number of nitrogens with one attached hydrogen (secondary N) is 1. The number of thiophene rings is 1. The second-order valence-electron chi connectivity index (χ2n) is 5.73. The van der Waals surface area contributed by atoms with E-state index in [1.165, 1.54) is 11.3 Å². The largest absolute Gasteiger partial charge is 0.355 e. The van der Waals surface area contributed by atoms with Crippen LogP contribution in [0.4, 0.5) is 0 Å². The SMILES string of the molecule is O=C(N[C@@H]1CCS(=O)(=O)c2ccccc21)c1cc(-c2cccs2)on1. The summed E-state index contributed by atoms with van der Waals surface area (Å²) >= 11 is 1.50. The third kappa shape index (κ3) is 2.98. The summed E-state index contributed by atoms with van der Waals surface area (Å²) in [5.41, 5.74) is 0.790. The Morgan fingerprint density at radius 2 is 2.08 bits per heavy atom. The predicted molar refractivity (Wildman–Crippen MR) is 93.1 cm³/mol. The Balaban J connectivity index is 1.58. The Kier molecular flexibility index (Phi) is 3.93. The zero-order valence-corrected chi connectivity index (χ0v) is 14.6. The Morgan fingerprint density at radius 3 is 2.88 bits per heavy atom. The van der Waals surface area contributed by atoms with Gasteiger partial charge in [0.1, 0.15) is 0 Å². The average Bonchev–Trinajstić information content (AvgIpc) is 3.28. The van der Waals surface area contributed by atoms with Gasteiger partial charge in [0.2, 0.25) is 0 Å². The Labute approximate surface area is 148 Å². The molecule has 128 valence electrons. The van der Waals surface area contributed by atoms with E-state index in [0.29, 0.717) is 17.7 Å². The fourth-order valence-corrected chi connectivity index (χ4v) is 5.18. The van der Waals surface area contributed by atoms with Crippen LogP contribution in [0.2, 0.25) is 0 Å². The highest BCUT2D eigenvalue weighted by atomic mass is 32.2. The topological polar surface area (TPSA) is 89.3 Å². The van der Waals surface area contributed by atoms with Crippen molar-refractivity contribution >= 4 is 27.1 Å². The number of benzene rings is 1. The second-order valence-corrected chi connectivity index (χ2v) is 8.75. The third-order valence-electron chi connectivity index (χ3n) is 4.12. The molecule has 4 rings (SSSR count). The molecule has 25 heavy (non-hydrogen) atoms. The van der Waals surface area contributed by atoms with Gasteiger partial charge in [-0.15, -0.1) is 11.3 Å². The smallest absolute Gasteiger partial charge is 0.273 e. The second kappa shape index (κ2) is 6.12. The fraction of sp³-hybridized carbons (Fsp3) is 0.176. The number of fused-ring (bicyclic) bond motifs is 1. The van der Waals surface area contributed by atoms with E-state index in [1.807, 2.05) is 17.5 Å². The lowest BCUT2D eigenvalue weighted by atomic mass is 10.0. The molecule has 2 aromatic heterocycles. The van der Waals surface area contributed by atoms with Crippen LogP contribution in [0.5, 0.6) is 0 Å². The van der Waals surface area contributed by atoms with Crippen LogP contribution in [0, 0.1) is 0 Å². The van der Waals surface area contributed by atoms with Crippen LogP contribution in [-0.4, -0.2) is 25.2 Å². The Hall–Kier alpha value is -2.45. The summed E-state index contributed by atoms with van der Waals surface area (Å²) in [6, 6.07) is 11.8. The molecule has 1 aliphatic rings. The summed E-state index contributed by atoms with van der Waals surface area (Å²) in [7, 11) is -3.28. The van der Waals surface area contributed by atoms with E-state index in [4.69, 9.17) is 4.52 Å². The van der Waals surface area contributed by atoms with Crippen LogP contribution in [0.15, 0.2) is 57.3 Å². The maximum absolute atomic E-state index is 12.5. The quantitative estimate of drug-likeness (QED) is 0.761. The number of carbonyl (C=O) groups is 1. The minimum atomic E-state index is -3.28. The predicted octanol–water partition coefficient (Wildman–Crippen LogP) is 3.05. The molecule has 1 aromatic carbocycles. The summed E-state index contributed by atoms with van der Waals surface area (Å²) in [6.07, 6.45) is 0.334. The van der Waals surface area contributed by atoms with Crippen molar-refractivity contribution in [3.05, 3.63) is 59.1 Å². The monoisotopic (exact) mass is 374 g/mol. The van der Waals surface area contributed by atoms with Gasteiger partial charge < -0.3 is 9.84 Å². The number of sulfone groups is 1. The van der Waals surface area contributed by atoms with Gasteiger partial charge in [-0.05, 0) is 29.5 Å². The zero-order chi connectivity index (χ0) is 17.4. The van der Waals surface area contributed by atoms with E-state index in [0.717, 1.165) is 4.88 Å². The van der Waals surface area contributed by atoms with Gasteiger partial charge in [-0.1, -0.05) is 29.4 Å². The highest BCUT2D eigenvalue weighted by Gasteiger charge is 2.31. The number of aromatic nitrogens is 1. The van der Waals surface area contributed by atoms with Gasteiger partial charge in [0.15, 0.2) is 21.3 Å². The van der Waals surface area contributed by atoms with Gasteiger partial charge in [-0.2, -0.15) is 0 Å². The lowest BCUT2D eigenvalue weighted by Crippen LogP contribution is -2.34. The van der Waals surface area contributed by atoms with Crippen molar-refractivity contribution in [1.82, 2.24) is 10.5 Å². The molecular formula is C17H14N2O4S2. The average molecular weight is 374 g/mol. The van der Waals surface area contributed by atoms with E-state index in [1.54, 1.807) is 30.3 Å². The van der Waals surface area contributed by atoms with Crippen molar-refractivity contribution in [2.45, 2.75) is 17.4 Å². The zero-order valence-electron chi connectivity index (χ0n) is 13.0. The minimum absolute atomic E-state index is 0.00816. The van der Waals surface area contributed by atoms with Gasteiger partial charge in [-0.3, -0.25) is 4.79 Å². The van der Waals surface area contributed by atoms with Crippen LogP contribution in [0.3, 0.4) is 0 Å². The molecule has 0 saturated carbocycles. The van der Waals surface area contributed by atoms with Crippen LogP contribution < -0.4 is 5.32 Å². The molecule has 1 aliphatic heterocycles. The number of nitrogens with zero attached hydrogens (tertiary/aromatic N) is 1. The molecule has 0 unspecified atom stereocenters. The molecule has 3 heterocycles. The fourth-order valence-electron chi connectivity index (χ4n) is 2.89. The molecule has 1 atom stereocenters. The van der Waals surface area contributed by atoms with Crippen molar-refractivity contribution in [3.63, 3.8) is 0 Å². The molecule has 0 spiro atoms. The number of carbonyl (C=O) groups excluding carboxylic acids is 1. The molecule has 0 aliphatic carbocycles. The molecule has 0 radical (unpaired) electrons. The van der Waals surface area contributed by atoms with Crippen molar-refractivity contribution in [3.8, 4) is 10.6 Å². The Morgan fingerprint density at radius 1 is 1.24 bits per heavy atom. The molecule has 1 amide bonds. The van der Waals surface area contributed by atoms with Crippen LogP contribution >= 0.6 is 11.3 Å². The molecule has 0 fully saturated rings. The highest BCUT2D eigenvalue weighted by Crippen LogP contribution is 2.32. The molecule has 0 bridgehead atoms. The number of amides is 1. The Bertz CT molecular complexity index is 1020. The maximum Gasteiger partial charge on any atom is 0.273 e. The normalized spacial score (nSPS) is 18.5. The van der Waals surface area contributed by atoms with Crippen LogP contribution in [-0.2, 0) is 9.84 Å². The first kappa shape index (κ1) is 16.0. The van der Waals surface area contributed by atoms with Gasteiger partial charge >= 0.3 is 0 Å². The molecule has 8 heteroatoms. The summed E-state index contributed by atoms with van der Waals surface area (Å²) in [5.74, 6) is 0.159. The first-order valence-electron chi connectivity index (χ1n) is 7.68. The summed E-state index contributed by atoms with van der Waals surface area (Å²) in [6.45, 7) is 0. The number of hydrogen-bond donors (Lipinski definition) is 1. The van der Waals surface area contributed by atoms with E-state index in [-0.39, 0.29) is 28.3 Å². The van der Waals surface area contributed by atoms with Gasteiger partial charge in [0.05, 0.1) is 21.6 Å². The number of hydrogen-bond acceptors (Lipinski definition) is 6. The molecule has 0 saturated heterocycles. The minimum Gasteiger partial charge on any atom is -0.355 e. The van der Waals surface area contributed by atoms with Crippen molar-refractivity contribution in [1.29, 1.82) is 0 Å². The van der Waals surface area contributed by atoms with E-state index in [2.05, 4.69) is 10.5 Å². The van der Waals surface area contributed by atoms with Crippen molar-refractivity contribution in [2.75, 3.05) is 5.75 Å². The summed E-state index contributed by atoms with van der Waals surface area (Å²) in [4.78, 5) is 13.7. The first-order chi connectivity index (χ1) is 12.0.